The normalized spacial score (nSPS) is 8.74. The summed E-state index contributed by atoms with van der Waals surface area (Å²) in [6.45, 7) is 1.34. The first-order valence-corrected chi connectivity index (χ1v) is 5.23. The van der Waals surface area contributed by atoms with Gasteiger partial charge in [-0.1, -0.05) is 12.1 Å². The highest BCUT2D eigenvalue weighted by Gasteiger charge is 2.16. The third-order valence-electron chi connectivity index (χ3n) is 1.95. The Balaban J connectivity index is 0.000000982. The number of ether oxygens (including phenoxy) is 1. The number of rotatable bonds is 4. The maximum absolute atomic E-state index is 10.7. The van der Waals surface area contributed by atoms with Crippen molar-refractivity contribution in [3.63, 3.8) is 0 Å². The molecule has 0 unspecified atom stereocenters. The van der Waals surface area contributed by atoms with Crippen LogP contribution in [-0.4, -0.2) is 24.4 Å². The Morgan fingerprint density at radius 3 is 2.58 bits per heavy atom. The van der Waals surface area contributed by atoms with Crippen LogP contribution in [0.15, 0.2) is 18.2 Å². The fourth-order valence-corrected chi connectivity index (χ4v) is 1.30. The number of benzene rings is 1. The van der Waals surface area contributed by atoms with Crippen LogP contribution in [0.3, 0.4) is 0 Å². The van der Waals surface area contributed by atoms with Crippen LogP contribution in [0.5, 0.6) is 0 Å². The summed E-state index contributed by atoms with van der Waals surface area (Å²) < 4.78 is 4.58. The molecule has 0 aliphatic rings. The molecule has 0 saturated carbocycles. The Kier molecular flexibility index (Phi) is 7.28. The number of para-hydroxylation sites is 1. The van der Waals surface area contributed by atoms with E-state index in [0.29, 0.717) is 11.3 Å². The lowest BCUT2D eigenvalue weighted by molar-refractivity contribution is -0.384. The lowest BCUT2D eigenvalue weighted by Gasteiger charge is -2.08. The second-order valence-corrected chi connectivity index (χ2v) is 3.16. The number of aldehydes is 1. The predicted octanol–water partition coefficient (Wildman–Crippen LogP) is 1.44. The molecule has 0 aromatic heterocycles. The quantitative estimate of drug-likeness (QED) is 0.484. The molecular formula is C11H15N3O5. The molecular weight excluding hydrogens is 254 g/mol. The third-order valence-corrected chi connectivity index (χ3v) is 1.95. The minimum absolute atomic E-state index is 0.0759. The van der Waals surface area contributed by atoms with E-state index in [1.54, 1.807) is 13.1 Å². The first-order chi connectivity index (χ1) is 8.97. The Hall–Kier alpha value is -2.64. The Labute approximate surface area is 109 Å². The summed E-state index contributed by atoms with van der Waals surface area (Å²) in [6.07, 6.45) is -0.173. The molecule has 1 rings (SSSR count). The molecule has 19 heavy (non-hydrogen) atoms. The van der Waals surface area contributed by atoms with Crippen LogP contribution in [0, 0.1) is 10.1 Å². The molecule has 0 saturated heterocycles. The Bertz CT molecular complexity index is 462. The summed E-state index contributed by atoms with van der Waals surface area (Å²) in [7, 11) is 1.55. The summed E-state index contributed by atoms with van der Waals surface area (Å²) in [5.41, 5.74) is 5.55. The fourth-order valence-electron chi connectivity index (χ4n) is 1.30. The highest BCUT2D eigenvalue weighted by atomic mass is 16.6. The van der Waals surface area contributed by atoms with Gasteiger partial charge in [0.1, 0.15) is 18.6 Å². The van der Waals surface area contributed by atoms with Gasteiger partial charge in [0.15, 0.2) is 0 Å². The van der Waals surface area contributed by atoms with Gasteiger partial charge in [0.05, 0.1) is 4.92 Å². The lowest BCUT2D eigenvalue weighted by atomic mass is 10.1. The standard InChI is InChI=1S/C9H11N3O4.C2H4O/c1-11-8-6(5-16-9(10)13)3-2-4-7(8)12(14)15;1-2-3/h2-4,11H,5H2,1H3,(H2,10,13);2H,1H3. The maximum Gasteiger partial charge on any atom is 0.404 e. The van der Waals surface area contributed by atoms with E-state index in [1.807, 2.05) is 0 Å². The van der Waals surface area contributed by atoms with Gasteiger partial charge in [-0.2, -0.15) is 0 Å². The molecule has 8 heteroatoms. The summed E-state index contributed by atoms with van der Waals surface area (Å²) in [5.74, 6) is 0. The summed E-state index contributed by atoms with van der Waals surface area (Å²) >= 11 is 0. The van der Waals surface area contributed by atoms with E-state index >= 15 is 0 Å². The van der Waals surface area contributed by atoms with Crippen molar-refractivity contribution >= 4 is 23.8 Å². The van der Waals surface area contributed by atoms with Crippen molar-refractivity contribution in [3.05, 3.63) is 33.9 Å². The number of nitro benzene ring substituents is 1. The molecule has 0 aliphatic carbocycles. The number of hydrogen-bond donors (Lipinski definition) is 2. The number of primary amides is 1. The average molecular weight is 269 g/mol. The Morgan fingerprint density at radius 1 is 1.58 bits per heavy atom. The van der Waals surface area contributed by atoms with E-state index in [1.165, 1.54) is 19.1 Å². The SMILES string of the molecule is CC=O.CNc1c(COC(N)=O)cccc1[N+](=O)[O-]. The van der Waals surface area contributed by atoms with Gasteiger partial charge in [0.25, 0.3) is 5.69 Å². The lowest BCUT2D eigenvalue weighted by Crippen LogP contribution is -2.13. The van der Waals surface area contributed by atoms with Crippen molar-refractivity contribution in [3.8, 4) is 0 Å². The van der Waals surface area contributed by atoms with Gasteiger partial charge in [-0.15, -0.1) is 0 Å². The van der Waals surface area contributed by atoms with Crippen molar-refractivity contribution in [2.45, 2.75) is 13.5 Å². The molecule has 3 N–H and O–H groups in total. The number of carbonyl (C=O) groups is 2. The molecule has 0 radical (unpaired) electrons. The van der Waals surface area contributed by atoms with Gasteiger partial charge in [0.2, 0.25) is 0 Å². The van der Waals surface area contributed by atoms with Crippen molar-refractivity contribution in [1.82, 2.24) is 0 Å². The molecule has 0 aliphatic heterocycles. The van der Waals surface area contributed by atoms with Crippen LogP contribution >= 0.6 is 0 Å². The topological polar surface area (TPSA) is 125 Å². The molecule has 104 valence electrons. The number of carbonyl (C=O) groups excluding carboxylic acids is 2. The average Bonchev–Trinajstić information content (AvgIpc) is 2.36. The number of anilines is 1. The second kappa shape index (κ2) is 8.45. The minimum Gasteiger partial charge on any atom is -0.445 e. The fraction of sp³-hybridized carbons (Fsp3) is 0.273. The van der Waals surface area contributed by atoms with E-state index in [-0.39, 0.29) is 12.3 Å². The van der Waals surface area contributed by atoms with Crippen LogP contribution in [-0.2, 0) is 16.1 Å². The molecule has 0 bridgehead atoms. The number of hydrogen-bond acceptors (Lipinski definition) is 6. The predicted molar refractivity (Wildman–Crippen MR) is 68.8 cm³/mol. The first kappa shape index (κ1) is 16.4. The molecule has 0 heterocycles. The molecule has 0 spiro atoms. The van der Waals surface area contributed by atoms with Gasteiger partial charge in [-0.3, -0.25) is 10.1 Å². The number of nitro groups is 1. The van der Waals surface area contributed by atoms with Crippen molar-refractivity contribution in [2.75, 3.05) is 12.4 Å². The Morgan fingerprint density at radius 2 is 2.16 bits per heavy atom. The number of amides is 1. The number of nitrogens with zero attached hydrogens (tertiary/aromatic N) is 1. The molecule has 1 amide bonds. The highest BCUT2D eigenvalue weighted by molar-refractivity contribution is 5.68. The monoisotopic (exact) mass is 269 g/mol. The third kappa shape index (κ3) is 5.48. The summed E-state index contributed by atoms with van der Waals surface area (Å²) in [6, 6.07) is 4.49. The zero-order chi connectivity index (χ0) is 14.8. The molecule has 8 nitrogen and oxygen atoms in total. The largest absolute Gasteiger partial charge is 0.445 e. The van der Waals surface area contributed by atoms with Crippen molar-refractivity contribution in [2.24, 2.45) is 5.73 Å². The van der Waals surface area contributed by atoms with Crippen LogP contribution < -0.4 is 11.1 Å². The minimum atomic E-state index is -0.923. The van der Waals surface area contributed by atoms with E-state index in [2.05, 4.69) is 10.1 Å². The smallest absolute Gasteiger partial charge is 0.404 e. The second-order valence-electron chi connectivity index (χ2n) is 3.16. The van der Waals surface area contributed by atoms with Crippen LogP contribution in [0.25, 0.3) is 0 Å². The van der Waals surface area contributed by atoms with Crippen LogP contribution in [0.2, 0.25) is 0 Å². The van der Waals surface area contributed by atoms with E-state index in [0.717, 1.165) is 6.29 Å². The van der Waals surface area contributed by atoms with Gasteiger partial charge in [-0.05, 0) is 6.92 Å². The summed E-state index contributed by atoms with van der Waals surface area (Å²) in [4.78, 5) is 29.4. The van der Waals surface area contributed by atoms with Gasteiger partial charge >= 0.3 is 6.09 Å². The maximum atomic E-state index is 10.7. The molecule has 0 atom stereocenters. The number of nitrogens with one attached hydrogen (secondary N) is 1. The van der Waals surface area contributed by atoms with Gasteiger partial charge < -0.3 is 20.6 Å². The van der Waals surface area contributed by atoms with Crippen molar-refractivity contribution in [1.29, 1.82) is 0 Å². The van der Waals surface area contributed by atoms with Gasteiger partial charge in [-0.25, -0.2) is 4.79 Å². The highest BCUT2D eigenvalue weighted by Crippen LogP contribution is 2.28. The zero-order valence-corrected chi connectivity index (χ0v) is 10.6. The van der Waals surface area contributed by atoms with E-state index in [9.17, 15) is 14.9 Å². The van der Waals surface area contributed by atoms with E-state index < -0.39 is 11.0 Å². The summed E-state index contributed by atoms with van der Waals surface area (Å²) in [5, 5.41) is 13.4. The van der Waals surface area contributed by atoms with Crippen LogP contribution in [0.1, 0.15) is 12.5 Å². The molecule has 0 fully saturated rings. The molecule has 1 aromatic carbocycles. The molecule has 1 aromatic rings. The first-order valence-electron chi connectivity index (χ1n) is 5.23. The van der Waals surface area contributed by atoms with Gasteiger partial charge in [0, 0.05) is 18.7 Å². The van der Waals surface area contributed by atoms with E-state index in [4.69, 9.17) is 10.5 Å². The zero-order valence-electron chi connectivity index (χ0n) is 10.6. The number of nitrogens with two attached hydrogens (primary N) is 1. The van der Waals surface area contributed by atoms with Crippen LogP contribution in [0.4, 0.5) is 16.2 Å². The van der Waals surface area contributed by atoms with Crippen molar-refractivity contribution < 1.29 is 19.2 Å².